The van der Waals surface area contributed by atoms with Crippen LogP contribution < -0.4 is 20.9 Å². The van der Waals surface area contributed by atoms with E-state index in [1.165, 1.54) is 58.3 Å². The van der Waals surface area contributed by atoms with Gasteiger partial charge in [-0.05, 0) is 123 Å². The van der Waals surface area contributed by atoms with E-state index < -0.39 is 78.8 Å². The van der Waals surface area contributed by atoms with Gasteiger partial charge < -0.3 is 40.1 Å². The van der Waals surface area contributed by atoms with Crippen molar-refractivity contribution in [2.75, 3.05) is 41.3 Å². The van der Waals surface area contributed by atoms with Crippen LogP contribution in [0.3, 0.4) is 0 Å². The van der Waals surface area contributed by atoms with E-state index in [-0.39, 0.29) is 96.0 Å². The van der Waals surface area contributed by atoms with Gasteiger partial charge in [-0.1, -0.05) is 10.3 Å². The molecule has 10 rings (SSSR count). The number of nitrogens with one attached hydrogen (secondary N) is 1. The highest BCUT2D eigenvalue weighted by atomic mass is 19.4. The van der Waals surface area contributed by atoms with E-state index >= 15 is 0 Å². The van der Waals surface area contributed by atoms with E-state index in [0.717, 1.165) is 37.1 Å². The van der Waals surface area contributed by atoms with Crippen LogP contribution in [-0.4, -0.2) is 92.5 Å². The van der Waals surface area contributed by atoms with E-state index in [0.29, 0.717) is 30.4 Å². The minimum absolute atomic E-state index is 0.0286. The lowest BCUT2D eigenvalue weighted by Gasteiger charge is -2.34. The molecule has 6 aromatic rings. The summed E-state index contributed by atoms with van der Waals surface area (Å²) in [6, 6.07) is 19.5. The van der Waals surface area contributed by atoms with Crippen LogP contribution in [0.5, 0.6) is 0 Å². The number of anilines is 3. The van der Waals surface area contributed by atoms with Crippen molar-refractivity contribution in [3.63, 3.8) is 0 Å². The summed E-state index contributed by atoms with van der Waals surface area (Å²) < 4.78 is 160. The van der Waals surface area contributed by atoms with Gasteiger partial charge in [0.15, 0.2) is 0 Å². The molecular weight excluding hydrogens is 1040 g/mol. The zero-order chi connectivity index (χ0) is 55.5. The molecule has 0 unspecified atom stereocenters. The highest BCUT2D eigenvalue weighted by Gasteiger charge is 2.41. The van der Waals surface area contributed by atoms with Crippen LogP contribution in [0, 0.1) is 17.7 Å². The molecule has 2 saturated heterocycles. The van der Waals surface area contributed by atoms with E-state index in [2.05, 4.69) is 25.6 Å². The second kappa shape index (κ2) is 22.7. The first-order chi connectivity index (χ1) is 36.3. The number of carbonyl (C=O) groups is 2. The molecule has 2 aliphatic carbocycles. The van der Waals surface area contributed by atoms with Crippen LogP contribution in [0.2, 0.25) is 0 Å². The van der Waals surface area contributed by atoms with Gasteiger partial charge in [-0.3, -0.25) is 9.59 Å². The number of nitrogens with two attached hydrogens (primary N) is 1. The number of aliphatic carboxylic acids is 2. The number of nitrogens with zero attached hydrogens (tertiary/aromatic N) is 6. The van der Waals surface area contributed by atoms with Crippen molar-refractivity contribution in [3.8, 4) is 45.7 Å². The summed E-state index contributed by atoms with van der Waals surface area (Å²) in [5.74, 6) is -8.14. The molecule has 0 amide bonds. The molecule has 412 valence electrons. The molecule has 4 aliphatic rings. The van der Waals surface area contributed by atoms with E-state index in [9.17, 15) is 57.9 Å². The van der Waals surface area contributed by atoms with E-state index in [1.54, 1.807) is 24.3 Å². The number of benzene rings is 4. The number of rotatable bonds is 10. The highest BCUT2D eigenvalue weighted by Crippen LogP contribution is 2.43. The summed E-state index contributed by atoms with van der Waals surface area (Å²) in [5, 5.41) is 28.5. The molecule has 0 bridgehead atoms. The van der Waals surface area contributed by atoms with Gasteiger partial charge in [0, 0.05) is 103 Å². The Morgan fingerprint density at radius 2 is 0.987 bits per heavy atom. The summed E-state index contributed by atoms with van der Waals surface area (Å²) in [6.07, 6.45) is -7.18. The number of alkyl halides is 10. The molecule has 2 aromatic heterocycles. The maximum atomic E-state index is 13.9. The fourth-order valence-corrected chi connectivity index (χ4v) is 9.54. The zero-order valence-electron chi connectivity index (χ0n) is 40.7. The molecule has 5 N–H and O–H groups in total. The molecule has 4 atom stereocenters. The first-order valence-corrected chi connectivity index (χ1v) is 24.5. The molecule has 25 heteroatoms. The Morgan fingerprint density at radius 3 is 1.36 bits per heavy atom. The lowest BCUT2D eigenvalue weighted by molar-refractivity contribution is -0.142. The lowest BCUT2D eigenvalue weighted by atomic mass is 10.0. The highest BCUT2D eigenvalue weighted by molar-refractivity contribution is 5.72. The number of carboxylic acids is 2. The Labute approximate surface area is 432 Å². The fraction of sp³-hybridized carbons (Fsp3) is 0.423. The van der Waals surface area contributed by atoms with Crippen molar-refractivity contribution in [2.45, 2.75) is 100 Å². The maximum Gasteiger partial charge on any atom is 0.418 e. The van der Waals surface area contributed by atoms with Crippen molar-refractivity contribution >= 4 is 29.0 Å². The first-order valence-electron chi connectivity index (χ1n) is 24.5. The van der Waals surface area contributed by atoms with Crippen molar-refractivity contribution < 1.29 is 77.1 Å². The molecule has 77 heavy (non-hydrogen) atoms. The predicted octanol–water partition coefficient (Wildman–Crippen LogP) is 12.3. The van der Waals surface area contributed by atoms with Crippen LogP contribution in [0.25, 0.3) is 45.7 Å². The molecule has 4 aromatic carbocycles. The standard InChI is InChI=1S/C26H25F5N4O3.C20H15F6N3O.C6H11NO2/c27-25(28)9-11-35(12-10-25)21-8-4-16(14-20(21)26(29,30)31)22-33-23(38-34-22)15-1-5-18(6-2-15)32-19-7-3-17(13-19)24(36)37;21-14-4-1-12(2-5-14)18-27-17(28-30-18)13-3-6-16(15(11-13)20(24,25)26)29-9-7-19(22,23)8-10-29;7-5-2-1-4(3-5)6(8)9/h1-2,4-6,8,14,17,19,32H,3,7,9-13H2,(H,36,37);1-6,11H,7-10H2;4-5H,1-3,7H2,(H,8,9)/t17-,19+;;4-,5+/m1.1/s1. The molecule has 2 saturated carbocycles. The molecule has 0 radical (unpaired) electrons. The van der Waals surface area contributed by atoms with E-state index in [1.807, 2.05) is 0 Å². The number of hydrogen-bond donors (Lipinski definition) is 4. The van der Waals surface area contributed by atoms with Crippen LogP contribution in [0.1, 0.15) is 75.3 Å². The number of hydrogen-bond acceptors (Lipinski definition) is 12. The number of piperidine rings is 2. The van der Waals surface area contributed by atoms with Crippen molar-refractivity contribution in [3.05, 3.63) is 102 Å². The fourth-order valence-electron chi connectivity index (χ4n) is 9.54. The third kappa shape index (κ3) is 14.2. The van der Waals surface area contributed by atoms with Crippen LogP contribution >= 0.6 is 0 Å². The van der Waals surface area contributed by atoms with Gasteiger partial charge in [-0.2, -0.15) is 36.3 Å². The quantitative estimate of drug-likeness (QED) is 0.0945. The zero-order valence-corrected chi connectivity index (χ0v) is 40.7. The van der Waals surface area contributed by atoms with Gasteiger partial charge in [0.1, 0.15) is 5.82 Å². The van der Waals surface area contributed by atoms with Gasteiger partial charge >= 0.3 is 24.3 Å². The van der Waals surface area contributed by atoms with Gasteiger partial charge in [0.2, 0.25) is 11.6 Å². The maximum absolute atomic E-state index is 13.9. The largest absolute Gasteiger partial charge is 0.481 e. The topological polar surface area (TPSA) is 197 Å². The van der Waals surface area contributed by atoms with Gasteiger partial charge in [-0.15, -0.1) is 0 Å². The van der Waals surface area contributed by atoms with Gasteiger partial charge in [0.05, 0.1) is 23.0 Å². The summed E-state index contributed by atoms with van der Waals surface area (Å²) in [7, 11) is 0. The van der Waals surface area contributed by atoms with E-state index in [4.69, 9.17) is 25.0 Å². The SMILES string of the molecule is Fc1ccc(-c2nc(-c3ccc(N4CCC(F)(F)CC4)c(C(F)(F)F)c3)no2)cc1.N[C@H]1CC[C@@H](C(=O)O)C1.O=C(O)[C@@H]1CC[C@H](Nc2ccc(-c3nc(-c4ccc(N5CCC(F)(F)CC5)c(C(F)(F)F)c4)no3)cc2)C1. The Balaban J connectivity index is 0.000000178. The van der Waals surface area contributed by atoms with Crippen molar-refractivity contribution in [1.29, 1.82) is 0 Å². The Morgan fingerprint density at radius 1 is 0.584 bits per heavy atom. The molecule has 4 heterocycles. The molecule has 2 aliphatic heterocycles. The molecular formula is C52H51F11N8O6. The monoisotopic (exact) mass is 1090 g/mol. The second-order valence-corrected chi connectivity index (χ2v) is 19.4. The number of carboxylic acid groups (broad SMARTS) is 2. The summed E-state index contributed by atoms with van der Waals surface area (Å²) in [5.41, 5.74) is 5.20. The second-order valence-electron chi connectivity index (χ2n) is 19.4. The van der Waals surface area contributed by atoms with Gasteiger partial charge in [0.25, 0.3) is 23.6 Å². The van der Waals surface area contributed by atoms with Crippen molar-refractivity contribution in [2.24, 2.45) is 17.6 Å². The number of aromatic nitrogens is 4. The minimum Gasteiger partial charge on any atom is -0.481 e. The molecule has 0 spiro atoms. The number of halogens is 11. The van der Waals surface area contributed by atoms with Crippen molar-refractivity contribution in [1.82, 2.24) is 20.3 Å². The lowest BCUT2D eigenvalue weighted by Crippen LogP contribution is -2.40. The normalized spacial score (nSPS) is 21.1. The minimum atomic E-state index is -4.70. The first kappa shape index (κ1) is 55.9. The average Bonchev–Trinajstić information content (AvgIpc) is 4.24. The third-order valence-electron chi connectivity index (χ3n) is 13.8. The molecule has 14 nitrogen and oxygen atoms in total. The van der Waals surface area contributed by atoms with Crippen LogP contribution in [0.4, 0.5) is 65.4 Å². The summed E-state index contributed by atoms with van der Waals surface area (Å²) in [4.78, 5) is 32.4. The Kier molecular flexibility index (Phi) is 16.5. The van der Waals surface area contributed by atoms with Crippen LogP contribution in [-0.2, 0) is 21.9 Å². The Bertz CT molecular complexity index is 2990. The Hall–Kier alpha value is -7.31. The average molecular weight is 1090 g/mol. The predicted molar refractivity (Wildman–Crippen MR) is 258 cm³/mol. The summed E-state index contributed by atoms with van der Waals surface area (Å²) in [6.45, 7) is -0.695. The summed E-state index contributed by atoms with van der Waals surface area (Å²) >= 11 is 0. The molecule has 4 fully saturated rings. The van der Waals surface area contributed by atoms with Gasteiger partial charge in [-0.25, -0.2) is 22.0 Å². The third-order valence-corrected chi connectivity index (χ3v) is 13.8. The van der Waals surface area contributed by atoms with Crippen LogP contribution in [0.15, 0.2) is 94.0 Å². The smallest absolute Gasteiger partial charge is 0.418 e.